The maximum Gasteiger partial charge on any atom is 0.306 e. The second-order valence-corrected chi connectivity index (χ2v) is 7.23. The molecule has 5 atom stereocenters. The smallest absolute Gasteiger partial charge is 0.306 e. The third kappa shape index (κ3) is 5.18. The summed E-state index contributed by atoms with van der Waals surface area (Å²) in [5, 5.41) is 33.0. The lowest BCUT2D eigenvalue weighted by molar-refractivity contribution is -0.138. The number of hydrogen-bond acceptors (Lipinski definition) is 5. The molecule has 2 rings (SSSR count). The average Bonchev–Trinajstić information content (AvgIpc) is 2.77. The molecular weight excluding hydrogens is 310 g/mol. The summed E-state index contributed by atoms with van der Waals surface area (Å²) in [6, 6.07) is 0. The van der Waals surface area contributed by atoms with E-state index in [0.29, 0.717) is 12.3 Å². The van der Waals surface area contributed by atoms with Crippen molar-refractivity contribution in [1.29, 1.82) is 0 Å². The van der Waals surface area contributed by atoms with E-state index in [2.05, 4.69) is 12.1 Å². The van der Waals surface area contributed by atoms with Gasteiger partial charge in [-0.05, 0) is 43.9 Å². The van der Waals surface area contributed by atoms with Crippen LogP contribution < -0.4 is 0 Å². The number of carboxylic acids is 1. The molecule has 0 spiro atoms. The maximum atomic E-state index is 10.4. The van der Waals surface area contributed by atoms with Gasteiger partial charge in [-0.1, -0.05) is 31.3 Å². The third-order valence-electron chi connectivity index (χ3n) is 5.49. The second-order valence-electron chi connectivity index (χ2n) is 7.23. The molecule has 0 radical (unpaired) electrons. The number of fused-ring (bicyclic) bond motifs is 1. The molecule has 0 aliphatic heterocycles. The van der Waals surface area contributed by atoms with E-state index in [-0.39, 0.29) is 37.1 Å². The molecule has 24 heavy (non-hydrogen) atoms. The number of hydrogen-bond donors (Lipinski definition) is 3. The van der Waals surface area contributed by atoms with E-state index in [1.165, 1.54) is 0 Å². The Morgan fingerprint density at radius 2 is 2.17 bits per heavy atom. The Balaban J connectivity index is 1.70. The summed E-state index contributed by atoms with van der Waals surface area (Å²) < 4.78 is 0. The van der Waals surface area contributed by atoms with Crippen molar-refractivity contribution < 1.29 is 25.0 Å². The van der Waals surface area contributed by atoms with Crippen molar-refractivity contribution >= 4 is 11.7 Å². The van der Waals surface area contributed by atoms with Gasteiger partial charge in [-0.2, -0.15) is 0 Å². The first-order valence-corrected chi connectivity index (χ1v) is 9.29. The summed E-state index contributed by atoms with van der Waals surface area (Å²) >= 11 is 0. The zero-order valence-corrected chi connectivity index (χ0v) is 14.6. The molecule has 0 aromatic carbocycles. The number of aliphatic hydroxyl groups excluding tert-OH is 2. The molecule has 138 valence electrons. The van der Waals surface area contributed by atoms with Gasteiger partial charge in [-0.25, -0.2) is 0 Å². The van der Waals surface area contributed by atoms with Crippen LogP contribution in [0.25, 0.3) is 0 Å². The van der Waals surface area contributed by atoms with E-state index in [1.807, 2.05) is 0 Å². The van der Waals surface area contributed by atoms with Gasteiger partial charge in [-0.15, -0.1) is 0 Å². The highest BCUT2D eigenvalue weighted by Gasteiger charge is 2.51. The molecule has 0 saturated heterocycles. The number of aliphatic hydroxyl groups is 2. The summed E-state index contributed by atoms with van der Waals surface area (Å²) in [5.74, 6) is 0.0565. The number of oxime groups is 1. The molecule has 2 saturated carbocycles. The quantitative estimate of drug-likeness (QED) is 0.396. The first kappa shape index (κ1) is 19.2. The van der Waals surface area contributed by atoms with Gasteiger partial charge in [0.15, 0.2) is 0 Å². The van der Waals surface area contributed by atoms with Crippen LogP contribution in [-0.2, 0) is 9.63 Å². The topological polar surface area (TPSA) is 99.4 Å². The molecule has 3 N–H and O–H groups in total. The lowest BCUT2D eigenvalue weighted by Gasteiger charge is -2.35. The van der Waals surface area contributed by atoms with Crippen LogP contribution in [0, 0.1) is 17.8 Å². The molecule has 6 nitrogen and oxygen atoms in total. The molecule has 2 aliphatic rings. The summed E-state index contributed by atoms with van der Waals surface area (Å²) in [6.07, 6.45) is 6.78. The number of aliphatic carboxylic acids is 1. The van der Waals surface area contributed by atoms with Crippen LogP contribution in [0.2, 0.25) is 0 Å². The Labute approximate surface area is 143 Å². The number of carbonyl (C=O) groups is 1. The van der Waals surface area contributed by atoms with Gasteiger partial charge >= 0.3 is 5.97 Å². The molecule has 0 aromatic heterocycles. The van der Waals surface area contributed by atoms with Crippen molar-refractivity contribution in [3.05, 3.63) is 0 Å². The number of carboxylic acid groups (broad SMARTS) is 1. The van der Waals surface area contributed by atoms with Crippen molar-refractivity contribution in [3.8, 4) is 0 Å². The Morgan fingerprint density at radius 3 is 2.88 bits per heavy atom. The van der Waals surface area contributed by atoms with Crippen molar-refractivity contribution in [3.63, 3.8) is 0 Å². The fourth-order valence-electron chi connectivity index (χ4n) is 4.03. The fraction of sp³-hybridized carbons (Fsp3) is 0.889. The van der Waals surface area contributed by atoms with E-state index in [0.717, 1.165) is 50.7 Å². The number of nitrogens with zero attached hydrogens (tertiary/aromatic N) is 1. The third-order valence-corrected chi connectivity index (χ3v) is 5.49. The molecule has 0 heterocycles. The van der Waals surface area contributed by atoms with Crippen molar-refractivity contribution in [1.82, 2.24) is 0 Å². The van der Waals surface area contributed by atoms with Crippen LogP contribution in [0.5, 0.6) is 0 Å². The van der Waals surface area contributed by atoms with Crippen LogP contribution in [0.15, 0.2) is 5.16 Å². The second kappa shape index (κ2) is 9.37. The molecule has 2 aliphatic carbocycles. The Hall–Kier alpha value is -1.14. The monoisotopic (exact) mass is 341 g/mol. The molecule has 2 fully saturated rings. The van der Waals surface area contributed by atoms with E-state index >= 15 is 0 Å². The minimum Gasteiger partial charge on any atom is -0.481 e. The Kier molecular flexibility index (Phi) is 7.49. The minimum atomic E-state index is -0.893. The van der Waals surface area contributed by atoms with Crippen LogP contribution in [0.4, 0.5) is 0 Å². The normalized spacial score (nSPS) is 31.5. The molecule has 5 unspecified atom stereocenters. The van der Waals surface area contributed by atoms with Crippen molar-refractivity contribution in [2.45, 2.75) is 76.9 Å². The van der Waals surface area contributed by atoms with E-state index in [4.69, 9.17) is 9.94 Å². The average molecular weight is 341 g/mol. The van der Waals surface area contributed by atoms with Gasteiger partial charge in [0.05, 0.1) is 24.3 Å². The summed E-state index contributed by atoms with van der Waals surface area (Å²) in [4.78, 5) is 15.5. The summed E-state index contributed by atoms with van der Waals surface area (Å²) in [5.41, 5.74) is 0.954. The highest BCUT2D eigenvalue weighted by Crippen LogP contribution is 2.50. The highest BCUT2D eigenvalue weighted by atomic mass is 16.6. The van der Waals surface area contributed by atoms with E-state index < -0.39 is 5.97 Å². The molecular formula is C18H31NO5. The van der Waals surface area contributed by atoms with Crippen LogP contribution in [-0.4, -0.2) is 45.8 Å². The number of rotatable bonds is 11. The van der Waals surface area contributed by atoms with Crippen LogP contribution in [0.3, 0.4) is 0 Å². The van der Waals surface area contributed by atoms with E-state index in [9.17, 15) is 15.0 Å². The predicted molar refractivity (Wildman–Crippen MR) is 90.7 cm³/mol. The zero-order valence-electron chi connectivity index (χ0n) is 14.6. The first-order valence-electron chi connectivity index (χ1n) is 9.29. The lowest BCUT2D eigenvalue weighted by atomic mass is 9.70. The molecule has 0 bridgehead atoms. The molecule has 0 aromatic rings. The molecule has 6 heteroatoms. The van der Waals surface area contributed by atoms with Gasteiger partial charge < -0.3 is 20.2 Å². The summed E-state index contributed by atoms with van der Waals surface area (Å²) in [6.45, 7) is 2.24. The van der Waals surface area contributed by atoms with Gasteiger partial charge in [0, 0.05) is 5.92 Å². The SMILES string of the molecule is CCCCCC(O)CCC1C(O)CC2C(=NOCCC(=O)O)CC21. The van der Waals surface area contributed by atoms with Gasteiger partial charge in [0.1, 0.15) is 6.61 Å². The standard InChI is InChI=1S/C18H31NO5/c1-2-3-4-5-12(20)6-7-13-14-10-16(15(14)11-17(13)21)19-24-9-8-18(22)23/h12-15,17,20-21H,2-11H2,1H3,(H,22,23). The maximum absolute atomic E-state index is 10.4. The van der Waals surface area contributed by atoms with Gasteiger partial charge in [0.2, 0.25) is 0 Å². The largest absolute Gasteiger partial charge is 0.481 e. The Morgan fingerprint density at radius 1 is 1.38 bits per heavy atom. The fourth-order valence-corrected chi connectivity index (χ4v) is 4.03. The van der Waals surface area contributed by atoms with Crippen LogP contribution >= 0.6 is 0 Å². The van der Waals surface area contributed by atoms with E-state index in [1.54, 1.807) is 0 Å². The highest BCUT2D eigenvalue weighted by molar-refractivity contribution is 5.93. The summed E-state index contributed by atoms with van der Waals surface area (Å²) in [7, 11) is 0. The van der Waals surface area contributed by atoms with Crippen molar-refractivity contribution in [2.75, 3.05) is 6.61 Å². The predicted octanol–water partition coefficient (Wildman–Crippen LogP) is 2.57. The number of unbranched alkanes of at least 4 members (excludes halogenated alkanes) is 2. The first-order chi connectivity index (χ1) is 11.5. The van der Waals surface area contributed by atoms with Gasteiger partial charge in [0.25, 0.3) is 0 Å². The minimum absolute atomic E-state index is 0.0496. The lowest BCUT2D eigenvalue weighted by Crippen LogP contribution is -2.37. The van der Waals surface area contributed by atoms with Crippen molar-refractivity contribution in [2.24, 2.45) is 22.9 Å². The Bertz CT molecular complexity index is 439. The van der Waals surface area contributed by atoms with Gasteiger partial charge in [-0.3, -0.25) is 4.79 Å². The molecule has 0 amide bonds. The van der Waals surface area contributed by atoms with Crippen LogP contribution in [0.1, 0.15) is 64.7 Å². The zero-order chi connectivity index (χ0) is 17.5.